The normalized spacial score (nSPS) is 12.2. The molecule has 0 aliphatic rings. The molecule has 0 amide bonds. The van der Waals surface area contributed by atoms with Crippen molar-refractivity contribution in [1.82, 2.24) is 0 Å². The highest BCUT2D eigenvalue weighted by atomic mass is 32.1. The molecule has 3 heteroatoms. The maximum atomic E-state index is 2.41. The summed E-state index contributed by atoms with van der Waals surface area (Å²) in [6.07, 6.45) is 2.22. The molecule has 0 fully saturated rings. The van der Waals surface area contributed by atoms with E-state index < -0.39 is 8.07 Å². The van der Waals surface area contributed by atoms with Crippen molar-refractivity contribution in [3.05, 3.63) is 60.3 Å². The second kappa shape index (κ2) is 5.79. The van der Waals surface area contributed by atoms with Crippen LogP contribution in [0.2, 0.25) is 19.6 Å². The fourth-order valence-corrected chi connectivity index (χ4v) is 5.78. The molecule has 4 aromatic rings. The van der Waals surface area contributed by atoms with Gasteiger partial charge >= 0.3 is 0 Å². The first-order valence-corrected chi connectivity index (χ1v) is 13.1. The fraction of sp³-hybridized carbons (Fsp3) is 0.227. The molecule has 2 aromatic heterocycles. The SMILES string of the molecule is Cc1cc2sc3ccccc3c2cc1-c1cc([Si](C)(C)C)cc[n+]1C. The third-order valence-corrected chi connectivity index (χ3v) is 8.19. The molecule has 2 aromatic carbocycles. The molecule has 0 bridgehead atoms. The lowest BCUT2D eigenvalue weighted by Crippen LogP contribution is -2.42. The molecule has 25 heavy (non-hydrogen) atoms. The molecule has 0 aliphatic carbocycles. The highest BCUT2D eigenvalue weighted by Crippen LogP contribution is 2.37. The molecule has 0 saturated heterocycles. The molecule has 2 heterocycles. The first-order chi connectivity index (χ1) is 11.8. The number of aromatic nitrogens is 1. The summed E-state index contributed by atoms with van der Waals surface area (Å²) in [5, 5.41) is 4.25. The number of nitrogens with zero attached hydrogens (tertiary/aromatic N) is 1. The van der Waals surface area contributed by atoms with Crippen molar-refractivity contribution in [1.29, 1.82) is 0 Å². The van der Waals surface area contributed by atoms with Crippen molar-refractivity contribution < 1.29 is 4.57 Å². The number of thiophene rings is 1. The van der Waals surface area contributed by atoms with Crippen LogP contribution in [0.15, 0.2) is 54.7 Å². The number of benzene rings is 2. The van der Waals surface area contributed by atoms with Crippen LogP contribution in [0.5, 0.6) is 0 Å². The fourth-order valence-electron chi connectivity index (χ4n) is 3.45. The van der Waals surface area contributed by atoms with E-state index in [4.69, 9.17) is 0 Å². The molecular weight excluding hydrogens is 338 g/mol. The minimum atomic E-state index is -1.33. The third-order valence-electron chi connectivity index (χ3n) is 5.02. The molecule has 0 aliphatic heterocycles. The zero-order chi connectivity index (χ0) is 17.8. The molecular formula is C22H24NSSi+. The van der Waals surface area contributed by atoms with Gasteiger partial charge in [0.05, 0.1) is 8.07 Å². The molecule has 126 valence electrons. The number of hydrogen-bond acceptors (Lipinski definition) is 1. The summed E-state index contributed by atoms with van der Waals surface area (Å²) >= 11 is 1.89. The zero-order valence-electron chi connectivity index (χ0n) is 15.6. The van der Waals surface area contributed by atoms with Gasteiger partial charge in [0.1, 0.15) is 7.05 Å². The summed E-state index contributed by atoms with van der Waals surface area (Å²) in [6.45, 7) is 9.47. The van der Waals surface area contributed by atoms with E-state index in [0.29, 0.717) is 0 Å². The summed E-state index contributed by atoms with van der Waals surface area (Å²) in [5.74, 6) is 0. The van der Waals surface area contributed by atoms with Gasteiger partial charge in [-0.05, 0) is 35.9 Å². The number of pyridine rings is 1. The largest absolute Gasteiger partial charge is 0.212 e. The van der Waals surface area contributed by atoms with Crippen LogP contribution >= 0.6 is 11.3 Å². The zero-order valence-corrected chi connectivity index (χ0v) is 17.4. The highest BCUT2D eigenvalue weighted by Gasteiger charge is 2.22. The lowest BCUT2D eigenvalue weighted by atomic mass is 10.0. The summed E-state index contributed by atoms with van der Waals surface area (Å²) < 4.78 is 5.01. The maximum Gasteiger partial charge on any atom is 0.212 e. The van der Waals surface area contributed by atoms with Crippen LogP contribution in [0.1, 0.15) is 5.56 Å². The van der Waals surface area contributed by atoms with Crippen molar-refractivity contribution in [3.63, 3.8) is 0 Å². The monoisotopic (exact) mass is 362 g/mol. The van der Waals surface area contributed by atoms with E-state index in [1.165, 1.54) is 42.2 Å². The Kier molecular flexibility index (Phi) is 3.82. The third kappa shape index (κ3) is 2.81. The van der Waals surface area contributed by atoms with Crippen molar-refractivity contribution in [3.8, 4) is 11.3 Å². The van der Waals surface area contributed by atoms with Gasteiger partial charge < -0.3 is 0 Å². The first-order valence-electron chi connectivity index (χ1n) is 8.77. The molecule has 0 unspecified atom stereocenters. The summed E-state index contributed by atoms with van der Waals surface area (Å²) in [7, 11) is 0.818. The van der Waals surface area contributed by atoms with Crippen molar-refractivity contribution in [2.75, 3.05) is 0 Å². The Hall–Kier alpha value is -1.97. The summed E-state index contributed by atoms with van der Waals surface area (Å²) in [5.41, 5.74) is 4.01. The Labute approximate surface area is 154 Å². The molecule has 0 radical (unpaired) electrons. The van der Waals surface area contributed by atoms with Crippen molar-refractivity contribution in [2.24, 2.45) is 7.05 Å². The van der Waals surface area contributed by atoms with Gasteiger partial charge in [0.25, 0.3) is 0 Å². The minimum Gasteiger partial charge on any atom is -0.201 e. The predicted octanol–water partition coefficient (Wildman–Crippen LogP) is 5.40. The van der Waals surface area contributed by atoms with Crippen LogP contribution in [-0.2, 0) is 7.05 Å². The van der Waals surface area contributed by atoms with Crippen LogP contribution in [0.25, 0.3) is 31.4 Å². The van der Waals surface area contributed by atoms with E-state index in [1.54, 1.807) is 0 Å². The quantitative estimate of drug-likeness (QED) is 0.332. The molecule has 1 nitrogen and oxygen atoms in total. The van der Waals surface area contributed by atoms with Gasteiger partial charge in [-0.2, -0.15) is 0 Å². The average molecular weight is 363 g/mol. The van der Waals surface area contributed by atoms with Crippen LogP contribution < -0.4 is 9.75 Å². The van der Waals surface area contributed by atoms with Gasteiger partial charge in [-0.25, -0.2) is 4.57 Å². The minimum absolute atomic E-state index is 1.31. The van der Waals surface area contributed by atoms with E-state index in [9.17, 15) is 0 Å². The number of aryl methyl sites for hydroxylation is 2. The van der Waals surface area contributed by atoms with Gasteiger partial charge in [0.15, 0.2) is 6.20 Å². The standard InChI is InChI=1S/C22H24NSSi/c1-15-12-22-19(17-8-6-7-9-21(17)24-22)14-18(15)20-13-16(25(3,4)5)10-11-23(20)2/h6-14H,1-5H3/q+1. The second-order valence-corrected chi connectivity index (χ2v) is 14.1. The molecule has 4 rings (SSSR count). The Morgan fingerprint density at radius 2 is 1.64 bits per heavy atom. The number of hydrogen-bond donors (Lipinski definition) is 0. The summed E-state index contributed by atoms with van der Waals surface area (Å²) in [6, 6.07) is 18.2. The summed E-state index contributed by atoms with van der Waals surface area (Å²) in [4.78, 5) is 0. The van der Waals surface area contributed by atoms with Gasteiger partial charge in [-0.3, -0.25) is 0 Å². The smallest absolute Gasteiger partial charge is 0.201 e. The Bertz CT molecular complexity index is 1100. The van der Waals surface area contributed by atoms with Gasteiger partial charge in [-0.1, -0.05) is 37.8 Å². The number of rotatable bonds is 2. The van der Waals surface area contributed by atoms with E-state index in [1.807, 2.05) is 11.3 Å². The van der Waals surface area contributed by atoms with E-state index in [-0.39, 0.29) is 0 Å². The van der Waals surface area contributed by atoms with Crippen molar-refractivity contribution >= 4 is 44.8 Å². The number of fused-ring (bicyclic) bond motifs is 3. The molecule has 0 saturated carbocycles. The highest BCUT2D eigenvalue weighted by molar-refractivity contribution is 7.25. The molecule has 0 atom stereocenters. The molecule has 0 spiro atoms. The Morgan fingerprint density at radius 1 is 0.880 bits per heavy atom. The topological polar surface area (TPSA) is 3.88 Å². The van der Waals surface area contributed by atoms with E-state index in [2.05, 4.69) is 92.9 Å². The Morgan fingerprint density at radius 3 is 2.40 bits per heavy atom. The van der Waals surface area contributed by atoms with Gasteiger partial charge in [-0.15, -0.1) is 11.3 Å². The van der Waals surface area contributed by atoms with Crippen LogP contribution in [0.3, 0.4) is 0 Å². The van der Waals surface area contributed by atoms with Crippen molar-refractivity contribution in [2.45, 2.75) is 26.6 Å². The van der Waals surface area contributed by atoms with Crippen LogP contribution in [-0.4, -0.2) is 8.07 Å². The lowest BCUT2D eigenvalue weighted by Gasteiger charge is -2.16. The van der Waals surface area contributed by atoms with E-state index >= 15 is 0 Å². The molecule has 0 N–H and O–H groups in total. The van der Waals surface area contributed by atoms with E-state index in [0.717, 1.165) is 0 Å². The second-order valence-electron chi connectivity index (χ2n) is 7.92. The van der Waals surface area contributed by atoms with Gasteiger partial charge in [0.2, 0.25) is 5.69 Å². The van der Waals surface area contributed by atoms with Crippen LogP contribution in [0, 0.1) is 6.92 Å². The average Bonchev–Trinajstić information content (AvgIpc) is 2.91. The predicted molar refractivity (Wildman–Crippen MR) is 114 cm³/mol. The van der Waals surface area contributed by atoms with Crippen LogP contribution in [0.4, 0.5) is 0 Å². The first kappa shape index (κ1) is 16.5. The Balaban J connectivity index is 2.01. The lowest BCUT2D eigenvalue weighted by molar-refractivity contribution is -0.660. The van der Waals surface area contributed by atoms with Gasteiger partial charge in [0, 0.05) is 37.9 Å². The maximum absolute atomic E-state index is 2.41.